The minimum Gasteiger partial charge on any atom is -0.507 e. The van der Waals surface area contributed by atoms with Crippen LogP contribution in [0.4, 0.5) is 10.5 Å². The average molecular weight is 400 g/mol. The molecule has 2 rings (SSSR count). The van der Waals surface area contributed by atoms with Gasteiger partial charge in [-0.1, -0.05) is 6.92 Å². The van der Waals surface area contributed by atoms with Crippen LogP contribution in [0.25, 0.3) is 10.8 Å². The number of carbonyl (C=O) groups excluding carboxylic acids is 1. The standard InChI is InChI=1S/C15H16N2O7S2/c1-2-25(20,21)6-5-16-15(19)17-11-3-4-13-10(7-11)8-12(9-14(13)18)26(22,23)24/h3-5,7-9,18H,2,6H2,1H3,(H,17,19)(H,22,23,24). The maximum atomic E-state index is 11.7. The lowest BCUT2D eigenvalue weighted by Gasteiger charge is -2.07. The first-order valence-corrected chi connectivity index (χ1v) is 10.6. The molecule has 2 aromatic rings. The molecule has 140 valence electrons. The summed E-state index contributed by atoms with van der Waals surface area (Å²) in [6.07, 6.45) is 0.984. The van der Waals surface area contributed by atoms with Crippen LogP contribution < -0.4 is 5.32 Å². The second kappa shape index (κ2) is 7.40. The fourth-order valence-electron chi connectivity index (χ4n) is 2.06. The van der Waals surface area contributed by atoms with Crippen LogP contribution in [0.1, 0.15) is 6.92 Å². The number of aliphatic imine (C=N–C) groups is 1. The monoisotopic (exact) mass is 400 g/mol. The van der Waals surface area contributed by atoms with Crippen LogP contribution in [0.5, 0.6) is 5.75 Å². The van der Waals surface area contributed by atoms with Crippen molar-refractivity contribution < 1.29 is 31.3 Å². The number of benzene rings is 2. The molecule has 0 saturated heterocycles. The molecule has 0 radical (unpaired) electrons. The molecule has 0 aliphatic rings. The summed E-state index contributed by atoms with van der Waals surface area (Å²) in [5.41, 5.74) is 0.241. The van der Waals surface area contributed by atoms with Gasteiger partial charge in [0.1, 0.15) is 5.75 Å². The summed E-state index contributed by atoms with van der Waals surface area (Å²) in [6, 6.07) is 5.50. The highest BCUT2D eigenvalue weighted by atomic mass is 32.2. The minimum absolute atomic E-state index is 0.0646. The number of sulfone groups is 1. The first-order chi connectivity index (χ1) is 12.0. The molecule has 2 amide bonds. The van der Waals surface area contributed by atoms with Gasteiger partial charge in [0, 0.05) is 29.1 Å². The molecule has 0 aliphatic carbocycles. The molecule has 9 nitrogen and oxygen atoms in total. The molecule has 0 aromatic heterocycles. The van der Waals surface area contributed by atoms with Gasteiger partial charge >= 0.3 is 6.03 Å². The Balaban J connectivity index is 2.25. The Kier molecular flexibility index (Phi) is 5.64. The Hall–Kier alpha value is -2.50. The van der Waals surface area contributed by atoms with E-state index in [0.29, 0.717) is 5.39 Å². The van der Waals surface area contributed by atoms with Crippen molar-refractivity contribution >= 4 is 48.7 Å². The zero-order valence-electron chi connectivity index (χ0n) is 13.6. The van der Waals surface area contributed by atoms with Gasteiger partial charge in [-0.3, -0.25) is 4.55 Å². The maximum absolute atomic E-state index is 11.7. The van der Waals surface area contributed by atoms with Crippen molar-refractivity contribution in [3.05, 3.63) is 30.3 Å². The number of phenols is 1. The third-order valence-corrected chi connectivity index (χ3v) is 5.80. The summed E-state index contributed by atoms with van der Waals surface area (Å²) in [4.78, 5) is 14.7. The number of hydrogen-bond acceptors (Lipinski definition) is 6. The molecule has 0 bridgehead atoms. The number of fused-ring (bicyclic) bond motifs is 1. The van der Waals surface area contributed by atoms with Crippen LogP contribution in [0.2, 0.25) is 0 Å². The molecule has 0 spiro atoms. The number of phenolic OH excluding ortho intramolecular Hbond substituents is 1. The van der Waals surface area contributed by atoms with E-state index in [9.17, 15) is 26.7 Å². The molecule has 0 saturated carbocycles. The van der Waals surface area contributed by atoms with Gasteiger partial charge < -0.3 is 10.4 Å². The van der Waals surface area contributed by atoms with Gasteiger partial charge in [-0.25, -0.2) is 18.2 Å². The molecule has 2 aromatic carbocycles. The summed E-state index contributed by atoms with van der Waals surface area (Å²) in [7, 11) is -7.79. The van der Waals surface area contributed by atoms with Crippen molar-refractivity contribution in [2.45, 2.75) is 11.8 Å². The highest BCUT2D eigenvalue weighted by Crippen LogP contribution is 2.30. The van der Waals surface area contributed by atoms with E-state index < -0.39 is 30.9 Å². The lowest BCUT2D eigenvalue weighted by Crippen LogP contribution is -2.12. The Labute approximate surface area is 150 Å². The second-order valence-corrected chi connectivity index (χ2v) is 9.11. The number of carbonyl (C=O) groups is 1. The largest absolute Gasteiger partial charge is 0.507 e. The Morgan fingerprint density at radius 2 is 1.88 bits per heavy atom. The van der Waals surface area contributed by atoms with Crippen LogP contribution in [0.3, 0.4) is 0 Å². The highest BCUT2D eigenvalue weighted by molar-refractivity contribution is 7.91. The van der Waals surface area contributed by atoms with E-state index in [-0.39, 0.29) is 28.3 Å². The van der Waals surface area contributed by atoms with E-state index in [1.54, 1.807) is 0 Å². The molecule has 0 heterocycles. The van der Waals surface area contributed by atoms with Gasteiger partial charge in [-0.05, 0) is 29.7 Å². The van der Waals surface area contributed by atoms with Gasteiger partial charge in [0.15, 0.2) is 9.84 Å². The molecule has 11 heteroatoms. The third-order valence-electron chi connectivity index (χ3n) is 3.43. The van der Waals surface area contributed by atoms with Crippen molar-refractivity contribution in [2.24, 2.45) is 4.99 Å². The van der Waals surface area contributed by atoms with E-state index in [1.165, 1.54) is 25.1 Å². The van der Waals surface area contributed by atoms with Gasteiger partial charge in [0.2, 0.25) is 0 Å². The Morgan fingerprint density at radius 1 is 1.19 bits per heavy atom. The van der Waals surface area contributed by atoms with Crippen molar-refractivity contribution in [3.63, 3.8) is 0 Å². The predicted molar refractivity (Wildman–Crippen MR) is 97.3 cm³/mol. The van der Waals surface area contributed by atoms with Crippen molar-refractivity contribution in [3.8, 4) is 5.75 Å². The van der Waals surface area contributed by atoms with E-state index in [0.717, 1.165) is 18.3 Å². The van der Waals surface area contributed by atoms with Gasteiger partial charge in [0.05, 0.1) is 10.6 Å². The molecular weight excluding hydrogens is 384 g/mol. The fourth-order valence-corrected chi connectivity index (χ4v) is 3.13. The summed E-state index contributed by atoms with van der Waals surface area (Å²) >= 11 is 0. The molecular formula is C15H16N2O7S2. The SMILES string of the molecule is CCS(=O)(=O)CC=NC(=O)Nc1ccc2c(O)cc(S(=O)(=O)O)cc2c1. The predicted octanol–water partition coefficient (Wildman–Crippen LogP) is 1.83. The van der Waals surface area contributed by atoms with Crippen molar-refractivity contribution in [2.75, 3.05) is 16.8 Å². The Morgan fingerprint density at radius 3 is 2.50 bits per heavy atom. The molecule has 0 fully saturated rings. The number of aromatic hydroxyl groups is 1. The van der Waals surface area contributed by atoms with Crippen molar-refractivity contribution in [1.29, 1.82) is 0 Å². The third kappa shape index (κ3) is 5.00. The van der Waals surface area contributed by atoms with E-state index >= 15 is 0 Å². The highest BCUT2D eigenvalue weighted by Gasteiger charge is 2.14. The summed E-state index contributed by atoms with van der Waals surface area (Å²) in [5, 5.41) is 12.8. The second-order valence-electron chi connectivity index (χ2n) is 5.29. The van der Waals surface area contributed by atoms with Gasteiger partial charge in [-0.2, -0.15) is 8.42 Å². The van der Waals surface area contributed by atoms with E-state index in [4.69, 9.17) is 4.55 Å². The van der Waals surface area contributed by atoms with Gasteiger partial charge in [-0.15, -0.1) is 0 Å². The topological polar surface area (TPSA) is 150 Å². The van der Waals surface area contributed by atoms with Crippen LogP contribution in [0.15, 0.2) is 40.2 Å². The summed E-state index contributed by atoms with van der Waals surface area (Å²) in [6.45, 7) is 1.48. The van der Waals surface area contributed by atoms with E-state index in [1.807, 2.05) is 0 Å². The zero-order valence-corrected chi connectivity index (χ0v) is 15.2. The number of nitrogens with one attached hydrogen (secondary N) is 1. The molecule has 0 aliphatic heterocycles. The first kappa shape index (κ1) is 19.8. The molecule has 26 heavy (non-hydrogen) atoms. The first-order valence-electron chi connectivity index (χ1n) is 7.30. The number of hydrogen-bond donors (Lipinski definition) is 3. The lowest BCUT2D eigenvalue weighted by atomic mass is 10.1. The van der Waals surface area contributed by atoms with Crippen LogP contribution in [-0.4, -0.2) is 50.2 Å². The minimum atomic E-state index is -4.51. The summed E-state index contributed by atoms with van der Waals surface area (Å²) in [5.74, 6) is -0.777. The lowest BCUT2D eigenvalue weighted by molar-refractivity contribution is 0.259. The number of anilines is 1. The van der Waals surface area contributed by atoms with Crippen LogP contribution in [-0.2, 0) is 20.0 Å². The molecule has 0 atom stereocenters. The zero-order chi connectivity index (χ0) is 19.5. The Bertz CT molecular complexity index is 1090. The van der Waals surface area contributed by atoms with E-state index in [2.05, 4.69) is 10.3 Å². The van der Waals surface area contributed by atoms with Crippen LogP contribution in [0, 0.1) is 0 Å². The average Bonchev–Trinajstić information content (AvgIpc) is 2.53. The number of rotatable bonds is 5. The fraction of sp³-hybridized carbons (Fsp3) is 0.200. The smallest absolute Gasteiger partial charge is 0.345 e. The maximum Gasteiger partial charge on any atom is 0.345 e. The number of amides is 2. The van der Waals surface area contributed by atoms with Gasteiger partial charge in [0.25, 0.3) is 10.1 Å². The molecule has 3 N–H and O–H groups in total. The number of nitrogens with zero attached hydrogens (tertiary/aromatic N) is 1. The van der Waals surface area contributed by atoms with Crippen LogP contribution >= 0.6 is 0 Å². The molecule has 0 unspecified atom stereocenters. The number of urea groups is 1. The summed E-state index contributed by atoms with van der Waals surface area (Å²) < 4.78 is 54.2. The quantitative estimate of drug-likeness (QED) is 0.512. The normalized spacial score (nSPS) is 12.5. The van der Waals surface area contributed by atoms with Crippen molar-refractivity contribution in [1.82, 2.24) is 0 Å².